The number of nitrogens with zero attached hydrogens (tertiary/aromatic N) is 3. The van der Waals surface area contributed by atoms with Gasteiger partial charge in [0.05, 0.1) is 6.54 Å². The SMILES string of the molecule is O=C(O)C=Cc1ccc(N2CCn3ccnc3C2)cc1. The summed E-state index contributed by atoms with van der Waals surface area (Å²) in [6, 6.07) is 7.88. The number of hydrogen-bond donors (Lipinski definition) is 1. The highest BCUT2D eigenvalue weighted by Crippen LogP contribution is 2.21. The molecule has 2 heterocycles. The van der Waals surface area contributed by atoms with Gasteiger partial charge in [0.1, 0.15) is 5.82 Å². The van der Waals surface area contributed by atoms with Crippen molar-refractivity contribution in [2.24, 2.45) is 0 Å². The van der Waals surface area contributed by atoms with Crippen LogP contribution in [0.25, 0.3) is 6.08 Å². The van der Waals surface area contributed by atoms with E-state index in [0.29, 0.717) is 0 Å². The molecular formula is C15H15N3O2. The lowest BCUT2D eigenvalue weighted by molar-refractivity contribution is -0.131. The molecule has 0 radical (unpaired) electrons. The smallest absolute Gasteiger partial charge is 0.328 e. The van der Waals surface area contributed by atoms with Crippen LogP contribution < -0.4 is 4.90 Å². The maximum Gasteiger partial charge on any atom is 0.328 e. The molecule has 0 amide bonds. The maximum atomic E-state index is 10.5. The number of fused-ring (bicyclic) bond motifs is 1. The molecule has 1 aliphatic rings. The summed E-state index contributed by atoms with van der Waals surface area (Å²) in [6.45, 7) is 2.70. The van der Waals surface area contributed by atoms with Gasteiger partial charge >= 0.3 is 5.97 Å². The molecule has 1 aliphatic heterocycles. The Hall–Kier alpha value is -2.56. The number of rotatable bonds is 3. The van der Waals surface area contributed by atoms with Gasteiger partial charge in [0.15, 0.2) is 0 Å². The van der Waals surface area contributed by atoms with Gasteiger partial charge in [0, 0.05) is 37.2 Å². The van der Waals surface area contributed by atoms with Crippen LogP contribution in [0.15, 0.2) is 42.7 Å². The Morgan fingerprint density at radius 3 is 2.80 bits per heavy atom. The summed E-state index contributed by atoms with van der Waals surface area (Å²) in [4.78, 5) is 17.1. The third kappa shape index (κ3) is 2.56. The summed E-state index contributed by atoms with van der Waals surface area (Å²) in [6.07, 6.45) is 6.58. The fourth-order valence-corrected chi connectivity index (χ4v) is 2.36. The van der Waals surface area contributed by atoms with Crippen molar-refractivity contribution in [1.29, 1.82) is 0 Å². The minimum Gasteiger partial charge on any atom is -0.478 e. The van der Waals surface area contributed by atoms with E-state index >= 15 is 0 Å². The van der Waals surface area contributed by atoms with Crippen LogP contribution in [0.5, 0.6) is 0 Å². The molecule has 0 aliphatic carbocycles. The topological polar surface area (TPSA) is 58.4 Å². The predicted molar refractivity (Wildman–Crippen MR) is 76.4 cm³/mol. The molecule has 0 saturated carbocycles. The lowest BCUT2D eigenvalue weighted by atomic mass is 10.1. The van der Waals surface area contributed by atoms with Gasteiger partial charge in [-0.05, 0) is 23.8 Å². The molecule has 0 spiro atoms. The van der Waals surface area contributed by atoms with Crippen LogP contribution in [0.1, 0.15) is 11.4 Å². The number of hydrogen-bond acceptors (Lipinski definition) is 3. The van der Waals surface area contributed by atoms with E-state index < -0.39 is 5.97 Å². The molecule has 102 valence electrons. The number of carbonyl (C=O) groups is 1. The molecule has 0 bridgehead atoms. The van der Waals surface area contributed by atoms with Crippen molar-refractivity contribution < 1.29 is 9.90 Å². The van der Waals surface area contributed by atoms with E-state index in [1.807, 2.05) is 36.7 Å². The fourth-order valence-electron chi connectivity index (χ4n) is 2.36. The molecule has 0 saturated heterocycles. The van der Waals surface area contributed by atoms with Gasteiger partial charge in [0.25, 0.3) is 0 Å². The van der Waals surface area contributed by atoms with Crippen molar-refractivity contribution in [2.45, 2.75) is 13.1 Å². The van der Waals surface area contributed by atoms with Crippen LogP contribution in [-0.4, -0.2) is 27.2 Å². The average Bonchev–Trinajstić information content (AvgIpc) is 2.93. The maximum absolute atomic E-state index is 10.5. The molecule has 2 aromatic rings. The van der Waals surface area contributed by atoms with Crippen molar-refractivity contribution in [3.05, 3.63) is 54.1 Å². The van der Waals surface area contributed by atoms with Crippen LogP contribution in [0.2, 0.25) is 0 Å². The number of carboxylic acid groups (broad SMARTS) is 1. The van der Waals surface area contributed by atoms with Gasteiger partial charge in [-0.25, -0.2) is 9.78 Å². The Bertz CT molecular complexity index is 643. The van der Waals surface area contributed by atoms with Gasteiger partial charge in [-0.2, -0.15) is 0 Å². The monoisotopic (exact) mass is 269 g/mol. The molecule has 1 aromatic heterocycles. The summed E-state index contributed by atoms with van der Waals surface area (Å²) < 4.78 is 2.17. The summed E-state index contributed by atoms with van der Waals surface area (Å²) in [5, 5.41) is 8.60. The standard InChI is InChI=1S/C15H15N3O2/c19-15(20)6-3-12-1-4-13(5-2-12)18-10-9-17-8-7-16-14(17)11-18/h1-8H,9-11H2,(H,19,20). The Kier molecular flexibility index (Phi) is 3.25. The van der Waals surface area contributed by atoms with Gasteiger partial charge < -0.3 is 14.6 Å². The summed E-state index contributed by atoms with van der Waals surface area (Å²) >= 11 is 0. The Morgan fingerprint density at radius 2 is 2.05 bits per heavy atom. The first-order valence-corrected chi connectivity index (χ1v) is 6.48. The van der Waals surface area contributed by atoms with E-state index in [1.54, 1.807) is 6.08 Å². The molecule has 0 atom stereocenters. The summed E-state index contributed by atoms with van der Waals surface area (Å²) in [7, 11) is 0. The van der Waals surface area contributed by atoms with E-state index in [-0.39, 0.29) is 0 Å². The van der Waals surface area contributed by atoms with Crippen LogP contribution >= 0.6 is 0 Å². The first kappa shape index (κ1) is 12.5. The van der Waals surface area contributed by atoms with Gasteiger partial charge in [-0.1, -0.05) is 12.1 Å². The number of anilines is 1. The first-order chi connectivity index (χ1) is 9.72. The minimum atomic E-state index is -0.933. The number of aliphatic carboxylic acids is 1. The highest BCUT2D eigenvalue weighted by atomic mass is 16.4. The summed E-state index contributed by atoms with van der Waals surface area (Å²) in [5.74, 6) is 0.142. The highest BCUT2D eigenvalue weighted by Gasteiger charge is 2.16. The van der Waals surface area contributed by atoms with Crippen molar-refractivity contribution >= 4 is 17.7 Å². The molecule has 5 nitrogen and oxygen atoms in total. The second-order valence-corrected chi connectivity index (χ2v) is 4.72. The van der Waals surface area contributed by atoms with E-state index in [9.17, 15) is 4.79 Å². The van der Waals surface area contributed by atoms with E-state index in [4.69, 9.17) is 5.11 Å². The zero-order valence-corrected chi connectivity index (χ0v) is 10.9. The normalized spacial score (nSPS) is 14.5. The van der Waals surface area contributed by atoms with E-state index in [2.05, 4.69) is 14.5 Å². The molecule has 0 fully saturated rings. The number of benzene rings is 1. The van der Waals surface area contributed by atoms with Crippen LogP contribution in [0, 0.1) is 0 Å². The van der Waals surface area contributed by atoms with Crippen molar-refractivity contribution in [1.82, 2.24) is 9.55 Å². The second kappa shape index (κ2) is 5.21. The minimum absolute atomic E-state index is 0.803. The Balaban J connectivity index is 1.74. The molecule has 5 heteroatoms. The third-order valence-electron chi connectivity index (χ3n) is 3.42. The summed E-state index contributed by atoms with van der Waals surface area (Å²) in [5.41, 5.74) is 2.02. The van der Waals surface area contributed by atoms with E-state index in [0.717, 1.165) is 42.8 Å². The molecule has 1 N–H and O–H groups in total. The number of carboxylic acids is 1. The third-order valence-corrected chi connectivity index (χ3v) is 3.42. The lowest BCUT2D eigenvalue weighted by Crippen LogP contribution is -2.33. The molecular weight excluding hydrogens is 254 g/mol. The van der Waals surface area contributed by atoms with Crippen LogP contribution in [0.4, 0.5) is 5.69 Å². The number of aromatic nitrogens is 2. The van der Waals surface area contributed by atoms with Gasteiger partial charge in [-0.3, -0.25) is 0 Å². The average molecular weight is 269 g/mol. The molecule has 1 aromatic carbocycles. The fraction of sp³-hybridized carbons (Fsp3) is 0.200. The van der Waals surface area contributed by atoms with Crippen molar-refractivity contribution in [3.63, 3.8) is 0 Å². The highest BCUT2D eigenvalue weighted by molar-refractivity contribution is 5.85. The predicted octanol–water partition coefficient (Wildman–Crippen LogP) is 2.00. The first-order valence-electron chi connectivity index (χ1n) is 6.48. The van der Waals surface area contributed by atoms with E-state index in [1.165, 1.54) is 0 Å². The zero-order valence-electron chi connectivity index (χ0n) is 10.9. The zero-order chi connectivity index (χ0) is 13.9. The van der Waals surface area contributed by atoms with Crippen molar-refractivity contribution in [3.8, 4) is 0 Å². The van der Waals surface area contributed by atoms with Gasteiger partial charge in [0.2, 0.25) is 0 Å². The van der Waals surface area contributed by atoms with Crippen LogP contribution in [0.3, 0.4) is 0 Å². The second-order valence-electron chi connectivity index (χ2n) is 4.72. The largest absolute Gasteiger partial charge is 0.478 e. The van der Waals surface area contributed by atoms with Gasteiger partial charge in [-0.15, -0.1) is 0 Å². The number of imidazole rings is 1. The Labute approximate surface area is 116 Å². The molecule has 0 unspecified atom stereocenters. The van der Waals surface area contributed by atoms with Crippen LogP contribution in [-0.2, 0) is 17.9 Å². The molecule has 3 rings (SSSR count). The molecule has 20 heavy (non-hydrogen) atoms. The quantitative estimate of drug-likeness (QED) is 0.866. The Morgan fingerprint density at radius 1 is 1.25 bits per heavy atom. The lowest BCUT2D eigenvalue weighted by Gasteiger charge is -2.29. The van der Waals surface area contributed by atoms with Crippen molar-refractivity contribution in [2.75, 3.05) is 11.4 Å².